The highest BCUT2D eigenvalue weighted by molar-refractivity contribution is 6.05. The van der Waals surface area contributed by atoms with E-state index in [9.17, 15) is 9.59 Å². The first-order chi connectivity index (χ1) is 14.8. The highest BCUT2D eigenvalue weighted by atomic mass is 16.5. The van der Waals surface area contributed by atoms with E-state index in [-0.39, 0.29) is 11.7 Å². The normalized spacial score (nSPS) is 13.2. The van der Waals surface area contributed by atoms with Crippen LogP contribution in [-0.4, -0.2) is 32.0 Å². The Labute approximate surface area is 183 Å². The van der Waals surface area contributed by atoms with Gasteiger partial charge in [-0.25, -0.2) is 0 Å². The number of carbonyl (C=O) groups is 2. The molecular formula is C25H31NO5. The van der Waals surface area contributed by atoms with Crippen molar-refractivity contribution < 1.29 is 23.8 Å². The summed E-state index contributed by atoms with van der Waals surface area (Å²) in [6.07, 6.45) is 3.11. The lowest BCUT2D eigenvalue weighted by Crippen LogP contribution is -2.29. The number of carbonyl (C=O) groups excluding carboxylic acids is 2. The van der Waals surface area contributed by atoms with Gasteiger partial charge in [-0.3, -0.25) is 9.59 Å². The molecule has 0 radical (unpaired) electrons. The molecule has 1 aliphatic heterocycles. The van der Waals surface area contributed by atoms with Gasteiger partial charge in [-0.2, -0.15) is 0 Å². The van der Waals surface area contributed by atoms with Gasteiger partial charge >= 0.3 is 0 Å². The molecule has 6 heteroatoms. The number of methoxy groups -OCH3 is 1. The third kappa shape index (κ3) is 5.78. The Hall–Kier alpha value is -3.02. The van der Waals surface area contributed by atoms with Crippen LogP contribution >= 0.6 is 0 Å². The maximum atomic E-state index is 12.6. The number of unbranched alkanes of at least 4 members (excludes halogenated alkanes) is 1. The minimum absolute atomic E-state index is 0.0125. The van der Waals surface area contributed by atoms with Gasteiger partial charge in [0.1, 0.15) is 17.2 Å². The van der Waals surface area contributed by atoms with Crippen LogP contribution in [0.15, 0.2) is 36.4 Å². The van der Waals surface area contributed by atoms with Crippen LogP contribution in [0.4, 0.5) is 5.69 Å². The molecule has 6 nitrogen and oxygen atoms in total. The van der Waals surface area contributed by atoms with Gasteiger partial charge in [-0.05, 0) is 49.1 Å². The smallest absolute Gasteiger partial charge is 0.229 e. The predicted octanol–water partition coefficient (Wildman–Crippen LogP) is 5.05. The number of Topliss-reactive ketones (excluding diaryl/α,β-unsaturated/α-hetero) is 1. The zero-order valence-corrected chi connectivity index (χ0v) is 18.7. The molecule has 3 rings (SSSR count). The fourth-order valence-electron chi connectivity index (χ4n) is 3.26. The van der Waals surface area contributed by atoms with Crippen LogP contribution in [-0.2, 0) is 11.2 Å². The van der Waals surface area contributed by atoms with Gasteiger partial charge in [0.05, 0.1) is 25.9 Å². The number of hydrogen-bond donors (Lipinski definition) is 1. The number of fused-ring (bicyclic) bond motifs is 1. The molecule has 31 heavy (non-hydrogen) atoms. The topological polar surface area (TPSA) is 73.9 Å². The molecule has 2 aromatic rings. The van der Waals surface area contributed by atoms with Crippen molar-refractivity contribution in [1.82, 2.24) is 0 Å². The Balaban J connectivity index is 1.65. The average Bonchev–Trinajstić information content (AvgIpc) is 2.74. The van der Waals surface area contributed by atoms with Crippen molar-refractivity contribution in [3.63, 3.8) is 0 Å². The fourth-order valence-corrected chi connectivity index (χ4v) is 3.26. The molecule has 0 bridgehead atoms. The van der Waals surface area contributed by atoms with E-state index >= 15 is 0 Å². The number of rotatable bonds is 8. The van der Waals surface area contributed by atoms with Crippen LogP contribution < -0.4 is 19.5 Å². The quantitative estimate of drug-likeness (QED) is 0.600. The van der Waals surface area contributed by atoms with Gasteiger partial charge in [-0.1, -0.05) is 32.9 Å². The second-order valence-corrected chi connectivity index (χ2v) is 8.69. The molecular weight excluding hydrogens is 394 g/mol. The van der Waals surface area contributed by atoms with Crippen molar-refractivity contribution in [1.29, 1.82) is 0 Å². The van der Waals surface area contributed by atoms with Crippen LogP contribution in [0, 0.1) is 5.41 Å². The summed E-state index contributed by atoms with van der Waals surface area (Å²) in [7, 11) is 1.66. The monoisotopic (exact) mass is 425 g/mol. The number of nitrogens with one attached hydrogen (secondary N) is 1. The Bertz CT molecular complexity index is 928. The van der Waals surface area contributed by atoms with E-state index in [2.05, 4.69) is 17.4 Å². The van der Waals surface area contributed by atoms with Crippen molar-refractivity contribution in [2.45, 2.75) is 46.5 Å². The van der Waals surface area contributed by atoms with Gasteiger partial charge in [0.15, 0.2) is 11.5 Å². The van der Waals surface area contributed by atoms with E-state index in [1.165, 1.54) is 5.56 Å². The maximum Gasteiger partial charge on any atom is 0.229 e. The highest BCUT2D eigenvalue weighted by Gasteiger charge is 2.28. The molecule has 0 aromatic heterocycles. The number of hydrogen-bond acceptors (Lipinski definition) is 5. The Morgan fingerprint density at radius 3 is 2.52 bits per heavy atom. The molecule has 0 aliphatic carbocycles. The zero-order valence-electron chi connectivity index (χ0n) is 18.7. The molecule has 0 spiro atoms. The van der Waals surface area contributed by atoms with E-state index in [1.807, 2.05) is 32.9 Å². The Kier molecular flexibility index (Phi) is 7.21. The van der Waals surface area contributed by atoms with E-state index in [0.717, 1.165) is 25.0 Å². The molecule has 0 unspecified atom stereocenters. The van der Waals surface area contributed by atoms with E-state index in [4.69, 9.17) is 14.2 Å². The lowest BCUT2D eigenvalue weighted by Gasteiger charge is -2.25. The first-order valence-corrected chi connectivity index (χ1v) is 10.7. The summed E-state index contributed by atoms with van der Waals surface area (Å²) in [5.74, 6) is 1.63. The first kappa shape index (κ1) is 22.7. The van der Waals surface area contributed by atoms with Crippen molar-refractivity contribution >= 4 is 17.4 Å². The molecule has 2 aromatic carbocycles. The van der Waals surface area contributed by atoms with Crippen LogP contribution in [0.1, 0.15) is 56.0 Å². The number of aryl methyl sites for hydroxylation is 1. The molecule has 0 saturated heterocycles. The van der Waals surface area contributed by atoms with Crippen LogP contribution in [0.3, 0.4) is 0 Å². The summed E-state index contributed by atoms with van der Waals surface area (Å²) in [4.78, 5) is 24.9. The van der Waals surface area contributed by atoms with Gasteiger partial charge in [0.2, 0.25) is 5.91 Å². The Morgan fingerprint density at radius 1 is 1.10 bits per heavy atom. The largest absolute Gasteiger partial charge is 0.497 e. The maximum absolute atomic E-state index is 12.6. The minimum atomic E-state index is -0.586. The molecule has 166 valence electrons. The lowest BCUT2D eigenvalue weighted by atomic mass is 9.95. The molecule has 1 N–H and O–H groups in total. The second kappa shape index (κ2) is 9.86. The minimum Gasteiger partial charge on any atom is -0.497 e. The SMILES string of the molecule is COc1ccc(CCCCOc2ccc3c(c2NC(=O)C(C)(C)C)OCCC3=O)cc1. The van der Waals surface area contributed by atoms with Gasteiger partial charge in [0, 0.05) is 11.8 Å². The Morgan fingerprint density at radius 2 is 1.84 bits per heavy atom. The highest BCUT2D eigenvalue weighted by Crippen LogP contribution is 2.41. The van der Waals surface area contributed by atoms with Crippen molar-refractivity contribution in [2.75, 3.05) is 25.6 Å². The molecule has 0 atom stereocenters. The molecule has 0 saturated carbocycles. The first-order valence-electron chi connectivity index (χ1n) is 10.7. The summed E-state index contributed by atoms with van der Waals surface area (Å²) in [5.41, 5.74) is 1.60. The van der Waals surface area contributed by atoms with Crippen LogP contribution in [0.2, 0.25) is 0 Å². The summed E-state index contributed by atoms with van der Waals surface area (Å²) in [6.45, 7) is 6.31. The van der Waals surface area contributed by atoms with Gasteiger partial charge in [0.25, 0.3) is 0 Å². The summed E-state index contributed by atoms with van der Waals surface area (Å²) in [5, 5.41) is 2.92. The number of anilines is 1. The summed E-state index contributed by atoms with van der Waals surface area (Å²) >= 11 is 0. The van der Waals surface area contributed by atoms with Crippen LogP contribution in [0.5, 0.6) is 17.2 Å². The van der Waals surface area contributed by atoms with Gasteiger partial charge in [-0.15, -0.1) is 0 Å². The van der Waals surface area contributed by atoms with Crippen molar-refractivity contribution in [2.24, 2.45) is 5.41 Å². The number of ketones is 1. The molecule has 1 aliphatic rings. The third-order valence-corrected chi connectivity index (χ3v) is 5.19. The molecule has 1 heterocycles. The summed E-state index contributed by atoms with van der Waals surface area (Å²) < 4.78 is 16.9. The van der Waals surface area contributed by atoms with Gasteiger partial charge < -0.3 is 19.5 Å². The zero-order chi connectivity index (χ0) is 22.4. The van der Waals surface area contributed by atoms with Crippen molar-refractivity contribution in [3.05, 3.63) is 47.5 Å². The second-order valence-electron chi connectivity index (χ2n) is 8.69. The van der Waals surface area contributed by atoms with Crippen LogP contribution in [0.25, 0.3) is 0 Å². The average molecular weight is 426 g/mol. The third-order valence-electron chi connectivity index (χ3n) is 5.19. The predicted molar refractivity (Wildman–Crippen MR) is 120 cm³/mol. The molecule has 1 amide bonds. The molecule has 0 fully saturated rings. The van der Waals surface area contributed by atoms with Crippen molar-refractivity contribution in [3.8, 4) is 17.2 Å². The fraction of sp³-hybridized carbons (Fsp3) is 0.440. The number of amides is 1. The number of benzene rings is 2. The van der Waals surface area contributed by atoms with E-state index in [0.29, 0.717) is 42.4 Å². The standard InChI is InChI=1S/C25H31NO5/c1-25(2,3)24(28)26-22-21(13-12-19-20(27)14-16-31-23(19)22)30-15-6-5-7-17-8-10-18(29-4)11-9-17/h8-13H,5-7,14-16H2,1-4H3,(H,26,28). The van der Waals surface area contributed by atoms with E-state index in [1.54, 1.807) is 19.2 Å². The van der Waals surface area contributed by atoms with E-state index < -0.39 is 5.41 Å². The number of ether oxygens (including phenoxy) is 3. The lowest BCUT2D eigenvalue weighted by molar-refractivity contribution is -0.123. The summed E-state index contributed by atoms with van der Waals surface area (Å²) in [6, 6.07) is 11.5.